The zero-order chi connectivity index (χ0) is 25.5. The molecule has 0 spiro atoms. The van der Waals surface area contributed by atoms with Gasteiger partial charge < -0.3 is 15.2 Å². The molecule has 6 rings (SSSR count). The highest BCUT2D eigenvalue weighted by atomic mass is 32.1. The molecule has 2 N–H and O–H groups in total. The number of aryl methyl sites for hydroxylation is 2. The minimum atomic E-state index is -0.299. The number of carbonyl (C=O) groups is 2. The second-order valence-corrected chi connectivity index (χ2v) is 9.94. The van der Waals surface area contributed by atoms with Crippen molar-refractivity contribution in [2.45, 2.75) is 20.0 Å². The lowest BCUT2D eigenvalue weighted by atomic mass is 10.2. The number of rotatable bonds is 6. The second kappa shape index (κ2) is 9.26. The number of anilines is 2. The highest BCUT2D eigenvalue weighted by Crippen LogP contribution is 2.30. The molecule has 0 saturated carbocycles. The molecule has 12 nitrogen and oxygen atoms in total. The smallest absolute Gasteiger partial charge is 0.260 e. The molecular formula is C24H24N10O2S. The summed E-state index contributed by atoms with van der Waals surface area (Å²) < 4.78 is 5.52. The molecule has 0 bridgehead atoms. The molecule has 0 aliphatic carbocycles. The average Bonchev–Trinajstić information content (AvgIpc) is 3.64. The Bertz CT molecular complexity index is 1630. The first-order valence-electron chi connectivity index (χ1n) is 11.7. The second-order valence-electron chi connectivity index (χ2n) is 8.91. The van der Waals surface area contributed by atoms with Gasteiger partial charge in [0.15, 0.2) is 0 Å². The van der Waals surface area contributed by atoms with Crippen LogP contribution >= 0.6 is 11.3 Å². The lowest BCUT2D eigenvalue weighted by molar-refractivity contribution is -0.117. The predicted octanol–water partition coefficient (Wildman–Crippen LogP) is 2.40. The first-order chi connectivity index (χ1) is 17.9. The number of fused-ring (bicyclic) bond motifs is 2. The molecule has 37 heavy (non-hydrogen) atoms. The Morgan fingerprint density at radius 3 is 2.81 bits per heavy atom. The molecule has 0 fully saturated rings. The normalized spacial score (nSPS) is 13.6. The zero-order valence-corrected chi connectivity index (χ0v) is 21.1. The van der Waals surface area contributed by atoms with E-state index in [2.05, 4.69) is 35.4 Å². The molecule has 188 valence electrons. The average molecular weight is 517 g/mol. The van der Waals surface area contributed by atoms with Crippen molar-refractivity contribution in [3.8, 4) is 10.4 Å². The van der Waals surface area contributed by atoms with E-state index in [1.807, 2.05) is 30.5 Å². The molecule has 13 heteroatoms. The van der Waals surface area contributed by atoms with Crippen molar-refractivity contribution in [1.29, 1.82) is 0 Å². The van der Waals surface area contributed by atoms with Crippen molar-refractivity contribution in [3.05, 3.63) is 66.5 Å². The lowest BCUT2D eigenvalue weighted by Crippen LogP contribution is -2.39. The van der Waals surface area contributed by atoms with Crippen LogP contribution < -0.4 is 10.6 Å². The number of nitrogens with one attached hydrogen (secondary N) is 2. The van der Waals surface area contributed by atoms with E-state index in [1.54, 1.807) is 47.0 Å². The third-order valence-electron chi connectivity index (χ3n) is 6.24. The molecule has 0 radical (unpaired) electrons. The first kappa shape index (κ1) is 23.1. The van der Waals surface area contributed by atoms with Gasteiger partial charge in [-0.25, -0.2) is 9.50 Å². The van der Waals surface area contributed by atoms with Gasteiger partial charge in [-0.15, -0.1) is 11.3 Å². The lowest BCUT2D eigenvalue weighted by Gasteiger charge is -2.26. The van der Waals surface area contributed by atoms with Crippen LogP contribution in [0.5, 0.6) is 0 Å². The van der Waals surface area contributed by atoms with E-state index in [4.69, 9.17) is 0 Å². The summed E-state index contributed by atoms with van der Waals surface area (Å²) >= 11 is 1.47. The summed E-state index contributed by atoms with van der Waals surface area (Å²) in [6.45, 7) is 4.25. The number of imidazole rings is 1. The number of thiazole rings is 1. The van der Waals surface area contributed by atoms with E-state index in [0.29, 0.717) is 29.2 Å². The number of hydrogen-bond acceptors (Lipinski definition) is 8. The van der Waals surface area contributed by atoms with E-state index in [9.17, 15) is 9.59 Å². The van der Waals surface area contributed by atoms with Gasteiger partial charge in [0.25, 0.3) is 5.91 Å². The molecule has 0 saturated heterocycles. The minimum absolute atomic E-state index is 0.150. The predicted molar refractivity (Wildman–Crippen MR) is 138 cm³/mol. The molecule has 1 aliphatic rings. The van der Waals surface area contributed by atoms with E-state index < -0.39 is 0 Å². The highest BCUT2D eigenvalue weighted by Gasteiger charge is 2.20. The van der Waals surface area contributed by atoms with Crippen LogP contribution in [-0.2, 0) is 24.9 Å². The number of nitrogens with zero attached hydrogens (tertiary/aromatic N) is 8. The standard InChI is InChI=1S/C24H24N10O2S/c1-15-19(7-17(9-26-15)29-22(35)14-32-5-6-33-4-3-25-21(33)13-32)30-23(36)18-10-28-34-12-20(37-24(18)34)16-8-27-31(2)11-16/h3-4,7-12H,5-6,13-14H2,1-2H3,(H,29,35)(H,30,36). The Balaban J connectivity index is 1.14. The third kappa shape index (κ3) is 4.61. The van der Waals surface area contributed by atoms with Gasteiger partial charge in [-0.1, -0.05) is 0 Å². The number of aromatic nitrogens is 7. The molecule has 0 atom stereocenters. The molecular weight excluding hydrogens is 492 g/mol. The van der Waals surface area contributed by atoms with Crippen LogP contribution in [0.25, 0.3) is 15.3 Å². The summed E-state index contributed by atoms with van der Waals surface area (Å²) in [7, 11) is 1.86. The van der Waals surface area contributed by atoms with Crippen LogP contribution in [0, 0.1) is 6.92 Å². The Kier molecular flexibility index (Phi) is 5.77. The van der Waals surface area contributed by atoms with Crippen molar-refractivity contribution in [2.24, 2.45) is 7.05 Å². The van der Waals surface area contributed by atoms with Gasteiger partial charge in [0.05, 0.1) is 59.2 Å². The van der Waals surface area contributed by atoms with Gasteiger partial charge in [0, 0.05) is 50.5 Å². The summed E-state index contributed by atoms with van der Waals surface area (Å²) in [5, 5.41) is 14.4. The maximum absolute atomic E-state index is 13.2. The van der Waals surface area contributed by atoms with E-state index in [0.717, 1.165) is 34.2 Å². The summed E-state index contributed by atoms with van der Waals surface area (Å²) in [5.74, 6) is 0.503. The summed E-state index contributed by atoms with van der Waals surface area (Å²) in [6.07, 6.45) is 12.4. The summed E-state index contributed by atoms with van der Waals surface area (Å²) in [6, 6.07) is 1.72. The highest BCUT2D eigenvalue weighted by molar-refractivity contribution is 7.21. The van der Waals surface area contributed by atoms with E-state index >= 15 is 0 Å². The van der Waals surface area contributed by atoms with Crippen molar-refractivity contribution in [1.82, 2.24) is 38.8 Å². The van der Waals surface area contributed by atoms with Gasteiger partial charge >= 0.3 is 0 Å². The van der Waals surface area contributed by atoms with Crippen LogP contribution in [-0.4, -0.2) is 63.7 Å². The van der Waals surface area contributed by atoms with Crippen LogP contribution in [0.3, 0.4) is 0 Å². The van der Waals surface area contributed by atoms with Gasteiger partial charge in [-0.3, -0.25) is 24.2 Å². The molecule has 2 amide bonds. The monoisotopic (exact) mass is 516 g/mol. The van der Waals surface area contributed by atoms with E-state index in [-0.39, 0.29) is 18.4 Å². The fourth-order valence-electron chi connectivity index (χ4n) is 4.30. The number of amides is 2. The van der Waals surface area contributed by atoms with Crippen molar-refractivity contribution < 1.29 is 9.59 Å². The minimum Gasteiger partial charge on any atom is -0.333 e. The number of carbonyl (C=O) groups excluding carboxylic acids is 2. The van der Waals surface area contributed by atoms with Crippen LogP contribution in [0.1, 0.15) is 21.9 Å². The number of hydrogen-bond donors (Lipinski definition) is 2. The van der Waals surface area contributed by atoms with Gasteiger partial charge in [0.2, 0.25) is 5.91 Å². The van der Waals surface area contributed by atoms with Gasteiger partial charge in [-0.05, 0) is 13.0 Å². The van der Waals surface area contributed by atoms with Crippen LogP contribution in [0.2, 0.25) is 0 Å². The first-order valence-corrected chi connectivity index (χ1v) is 12.5. The third-order valence-corrected chi connectivity index (χ3v) is 7.40. The molecule has 0 unspecified atom stereocenters. The largest absolute Gasteiger partial charge is 0.333 e. The van der Waals surface area contributed by atoms with Crippen molar-refractivity contribution in [2.75, 3.05) is 23.7 Å². The Morgan fingerprint density at radius 2 is 1.97 bits per heavy atom. The zero-order valence-electron chi connectivity index (χ0n) is 20.2. The molecule has 6 heterocycles. The topological polar surface area (TPSA) is 127 Å². The maximum Gasteiger partial charge on any atom is 0.260 e. The fourth-order valence-corrected chi connectivity index (χ4v) is 5.34. The Hall–Kier alpha value is -4.36. The Morgan fingerprint density at radius 1 is 1.08 bits per heavy atom. The number of pyridine rings is 1. The van der Waals surface area contributed by atoms with Crippen LogP contribution in [0.4, 0.5) is 11.4 Å². The molecule has 0 aromatic carbocycles. The van der Waals surface area contributed by atoms with Gasteiger partial charge in [-0.2, -0.15) is 10.2 Å². The molecule has 1 aliphatic heterocycles. The fraction of sp³-hybridized carbons (Fsp3) is 0.250. The van der Waals surface area contributed by atoms with Crippen molar-refractivity contribution in [3.63, 3.8) is 0 Å². The van der Waals surface area contributed by atoms with Crippen LogP contribution in [0.15, 0.2) is 49.4 Å². The van der Waals surface area contributed by atoms with Gasteiger partial charge in [0.1, 0.15) is 10.7 Å². The van der Waals surface area contributed by atoms with Crippen molar-refractivity contribution >= 4 is 39.4 Å². The Labute approximate surface area is 215 Å². The molecule has 5 aromatic heterocycles. The van der Waals surface area contributed by atoms with E-state index in [1.165, 1.54) is 11.3 Å². The SMILES string of the molecule is Cc1ncc(NC(=O)CN2CCn3ccnc3C2)cc1NC(=O)c1cnn2cc(-c3cnn(C)c3)sc12. The summed E-state index contributed by atoms with van der Waals surface area (Å²) in [5.41, 5.74) is 3.09. The quantitative estimate of drug-likeness (QED) is 0.355. The molecule has 5 aromatic rings. The maximum atomic E-state index is 13.2. The summed E-state index contributed by atoms with van der Waals surface area (Å²) in [4.78, 5) is 38.3.